The third-order valence-corrected chi connectivity index (χ3v) is 7.19. The van der Waals surface area contributed by atoms with Gasteiger partial charge in [-0.1, -0.05) is 49.4 Å². The van der Waals surface area contributed by atoms with Gasteiger partial charge in [0.2, 0.25) is 5.91 Å². The number of urea groups is 1. The van der Waals surface area contributed by atoms with Crippen molar-refractivity contribution in [3.05, 3.63) is 76.8 Å². The van der Waals surface area contributed by atoms with Crippen molar-refractivity contribution in [2.45, 2.75) is 31.8 Å². The predicted octanol–water partition coefficient (Wildman–Crippen LogP) is 3.69. The fourth-order valence-corrected chi connectivity index (χ4v) is 5.02. The lowest BCUT2D eigenvalue weighted by molar-refractivity contribution is -0.134. The number of ketones is 1. The Morgan fingerprint density at radius 2 is 1.82 bits per heavy atom. The Balaban J connectivity index is 1.58. The van der Waals surface area contributed by atoms with Crippen LogP contribution in [0.4, 0.5) is 9.93 Å². The first-order valence-corrected chi connectivity index (χ1v) is 13.4. The standard InChI is InChI=1S/C28H31N5O5S/c1-17(19-8-6-5-7-9-19)24(25(35)31-27-29-22(16-39-27)18(2)34)33-26(36)23(30-28(33)37)20-10-12-21(13-11-20)38-15-14-32(3)4/h5-13,16-17,23-24H,14-15H2,1-4H3,(H,30,37)(H,29,31,35)/t17-,23+,24-/m0/s1. The predicted molar refractivity (Wildman–Crippen MR) is 148 cm³/mol. The molecular formula is C28H31N5O5S. The summed E-state index contributed by atoms with van der Waals surface area (Å²) >= 11 is 1.10. The molecule has 0 radical (unpaired) electrons. The van der Waals surface area contributed by atoms with Crippen LogP contribution in [0.25, 0.3) is 0 Å². The molecule has 204 valence electrons. The lowest BCUT2D eigenvalue weighted by atomic mass is 9.91. The number of hydrogen-bond donors (Lipinski definition) is 2. The molecule has 0 bridgehead atoms. The normalized spacial score (nSPS) is 16.6. The number of likely N-dealkylation sites (N-methyl/N-ethyl adjacent to an activating group) is 1. The molecule has 11 heteroatoms. The third kappa shape index (κ3) is 6.50. The smallest absolute Gasteiger partial charge is 0.325 e. The van der Waals surface area contributed by atoms with E-state index in [0.29, 0.717) is 17.9 Å². The summed E-state index contributed by atoms with van der Waals surface area (Å²) in [6.45, 7) is 4.45. The quantitative estimate of drug-likeness (QED) is 0.276. The van der Waals surface area contributed by atoms with Crippen molar-refractivity contribution in [3.63, 3.8) is 0 Å². The number of carbonyl (C=O) groups excluding carboxylic acids is 4. The summed E-state index contributed by atoms with van der Waals surface area (Å²) in [6.07, 6.45) is 0. The van der Waals surface area contributed by atoms with E-state index in [2.05, 4.69) is 15.6 Å². The Morgan fingerprint density at radius 3 is 2.44 bits per heavy atom. The van der Waals surface area contributed by atoms with Gasteiger partial charge in [0.05, 0.1) is 0 Å². The van der Waals surface area contributed by atoms with Gasteiger partial charge in [-0.3, -0.25) is 14.4 Å². The minimum atomic E-state index is -1.16. The number of anilines is 1. The van der Waals surface area contributed by atoms with Crippen LogP contribution in [0, 0.1) is 0 Å². The molecule has 0 unspecified atom stereocenters. The number of carbonyl (C=O) groups is 4. The van der Waals surface area contributed by atoms with Crippen LogP contribution in [0.5, 0.6) is 5.75 Å². The summed E-state index contributed by atoms with van der Waals surface area (Å²) in [5.74, 6) is -1.22. The highest BCUT2D eigenvalue weighted by molar-refractivity contribution is 7.14. The van der Waals surface area contributed by atoms with Gasteiger partial charge in [0.1, 0.15) is 30.1 Å². The van der Waals surface area contributed by atoms with Crippen molar-refractivity contribution in [1.82, 2.24) is 20.1 Å². The Bertz CT molecular complexity index is 1340. The second-order valence-corrected chi connectivity index (χ2v) is 10.4. The van der Waals surface area contributed by atoms with E-state index in [1.165, 1.54) is 6.92 Å². The molecule has 2 aromatic carbocycles. The summed E-state index contributed by atoms with van der Waals surface area (Å²) in [7, 11) is 3.91. The summed E-state index contributed by atoms with van der Waals surface area (Å²) < 4.78 is 5.72. The topological polar surface area (TPSA) is 121 Å². The zero-order valence-electron chi connectivity index (χ0n) is 22.2. The van der Waals surface area contributed by atoms with Crippen molar-refractivity contribution < 1.29 is 23.9 Å². The van der Waals surface area contributed by atoms with E-state index in [9.17, 15) is 19.2 Å². The summed E-state index contributed by atoms with van der Waals surface area (Å²) in [4.78, 5) is 59.2. The number of ether oxygens (including phenoxy) is 1. The number of amides is 4. The van der Waals surface area contributed by atoms with Gasteiger partial charge >= 0.3 is 6.03 Å². The summed E-state index contributed by atoms with van der Waals surface area (Å²) in [5, 5.41) is 7.18. The van der Waals surface area contributed by atoms with E-state index in [1.807, 2.05) is 49.3 Å². The molecule has 10 nitrogen and oxygen atoms in total. The molecule has 1 fully saturated rings. The van der Waals surface area contributed by atoms with Crippen molar-refractivity contribution >= 4 is 40.1 Å². The fourth-order valence-electron chi connectivity index (χ4n) is 4.26. The van der Waals surface area contributed by atoms with E-state index >= 15 is 0 Å². The molecule has 3 aromatic rings. The zero-order chi connectivity index (χ0) is 28.1. The highest BCUT2D eigenvalue weighted by Gasteiger charge is 2.47. The largest absolute Gasteiger partial charge is 0.492 e. The van der Waals surface area contributed by atoms with Gasteiger partial charge in [0.25, 0.3) is 5.91 Å². The molecular weight excluding hydrogens is 518 g/mol. The molecule has 4 rings (SSSR count). The van der Waals surface area contributed by atoms with Gasteiger partial charge in [-0.25, -0.2) is 14.7 Å². The van der Waals surface area contributed by atoms with E-state index < -0.39 is 35.8 Å². The highest BCUT2D eigenvalue weighted by atomic mass is 32.1. The van der Waals surface area contributed by atoms with E-state index in [0.717, 1.165) is 28.3 Å². The molecule has 1 aliphatic rings. The minimum absolute atomic E-state index is 0.212. The van der Waals surface area contributed by atoms with Crippen LogP contribution in [0.3, 0.4) is 0 Å². The van der Waals surface area contributed by atoms with Gasteiger partial charge in [0, 0.05) is 24.8 Å². The molecule has 3 atom stereocenters. The maximum atomic E-state index is 13.6. The monoisotopic (exact) mass is 549 g/mol. The third-order valence-electron chi connectivity index (χ3n) is 6.43. The molecule has 0 saturated carbocycles. The Morgan fingerprint density at radius 1 is 1.13 bits per heavy atom. The van der Waals surface area contributed by atoms with E-state index in [4.69, 9.17) is 4.74 Å². The number of nitrogens with zero attached hydrogens (tertiary/aromatic N) is 3. The molecule has 2 N–H and O–H groups in total. The number of benzene rings is 2. The maximum absolute atomic E-state index is 13.6. The number of nitrogens with one attached hydrogen (secondary N) is 2. The lowest BCUT2D eigenvalue weighted by Gasteiger charge is -2.29. The number of Topliss-reactive ketones (excluding diaryl/α,β-unsaturated/α-hetero) is 1. The van der Waals surface area contributed by atoms with Gasteiger partial charge in [0.15, 0.2) is 10.9 Å². The van der Waals surface area contributed by atoms with Crippen LogP contribution in [0.2, 0.25) is 0 Å². The van der Waals surface area contributed by atoms with Gasteiger partial charge in [-0.05, 0) is 37.4 Å². The van der Waals surface area contributed by atoms with Crippen molar-refractivity contribution in [2.75, 3.05) is 32.6 Å². The summed E-state index contributed by atoms with van der Waals surface area (Å²) in [5.41, 5.74) is 1.59. The average molecular weight is 550 g/mol. The number of hydrogen-bond acceptors (Lipinski definition) is 8. The van der Waals surface area contributed by atoms with Crippen LogP contribution in [-0.2, 0) is 9.59 Å². The molecule has 39 heavy (non-hydrogen) atoms. The minimum Gasteiger partial charge on any atom is -0.492 e. The molecule has 4 amide bonds. The van der Waals surface area contributed by atoms with E-state index in [-0.39, 0.29) is 16.6 Å². The van der Waals surface area contributed by atoms with Crippen LogP contribution in [-0.4, -0.2) is 71.7 Å². The van der Waals surface area contributed by atoms with Crippen molar-refractivity contribution in [3.8, 4) is 5.75 Å². The highest BCUT2D eigenvalue weighted by Crippen LogP contribution is 2.32. The maximum Gasteiger partial charge on any atom is 0.325 e. The van der Waals surface area contributed by atoms with Crippen LogP contribution >= 0.6 is 11.3 Å². The number of rotatable bonds is 11. The zero-order valence-corrected chi connectivity index (χ0v) is 23.0. The first-order chi connectivity index (χ1) is 18.7. The average Bonchev–Trinajstić information content (AvgIpc) is 3.50. The molecule has 1 saturated heterocycles. The Kier molecular flexibility index (Phi) is 8.72. The molecule has 1 aromatic heterocycles. The van der Waals surface area contributed by atoms with Gasteiger partial charge in [-0.2, -0.15) is 0 Å². The first-order valence-electron chi connectivity index (χ1n) is 12.5. The SMILES string of the molecule is CC(=O)c1csc(NC(=O)[C@H]([C@@H](C)c2ccccc2)N2C(=O)N[C@H](c3ccc(OCCN(C)C)cc3)C2=O)n1. The number of thiazole rings is 1. The number of imide groups is 1. The molecule has 2 heterocycles. The van der Waals surface area contributed by atoms with Crippen molar-refractivity contribution in [1.29, 1.82) is 0 Å². The Labute approximate surface area is 231 Å². The van der Waals surface area contributed by atoms with Crippen LogP contribution in [0.1, 0.15) is 47.4 Å². The molecule has 0 aliphatic carbocycles. The van der Waals surface area contributed by atoms with Crippen molar-refractivity contribution in [2.24, 2.45) is 0 Å². The lowest BCUT2D eigenvalue weighted by Crippen LogP contribution is -2.50. The Hall–Kier alpha value is -4.09. The molecule has 0 spiro atoms. The molecule has 1 aliphatic heterocycles. The number of aromatic nitrogens is 1. The van der Waals surface area contributed by atoms with Gasteiger partial charge in [-0.15, -0.1) is 11.3 Å². The summed E-state index contributed by atoms with van der Waals surface area (Å²) in [6, 6.07) is 13.4. The van der Waals surface area contributed by atoms with E-state index in [1.54, 1.807) is 36.6 Å². The fraction of sp³-hybridized carbons (Fsp3) is 0.321. The second kappa shape index (κ2) is 12.2. The van der Waals surface area contributed by atoms with Crippen LogP contribution in [0.15, 0.2) is 60.0 Å². The first kappa shape index (κ1) is 27.9. The second-order valence-electron chi connectivity index (χ2n) is 9.54. The van der Waals surface area contributed by atoms with Gasteiger partial charge < -0.3 is 20.3 Å². The van der Waals surface area contributed by atoms with Crippen LogP contribution < -0.4 is 15.4 Å².